The number of likely N-dealkylation sites (N-methyl/N-ethyl adjacent to an activating group) is 1. The summed E-state index contributed by atoms with van der Waals surface area (Å²) >= 11 is 0. The maximum Gasteiger partial charge on any atom is 0.248 e. The Morgan fingerprint density at radius 3 is 2.56 bits per heavy atom. The van der Waals surface area contributed by atoms with E-state index in [2.05, 4.69) is 15.7 Å². The molecule has 2 aliphatic rings. The van der Waals surface area contributed by atoms with Gasteiger partial charge in [-0.05, 0) is 32.3 Å². The molecule has 0 aromatic carbocycles. The highest BCUT2D eigenvalue weighted by Crippen LogP contribution is 2.33. The minimum Gasteiger partial charge on any atom is -0.341 e. The molecular formula is C20H33N5O2. The summed E-state index contributed by atoms with van der Waals surface area (Å²) in [6.45, 7) is 6.76. The van der Waals surface area contributed by atoms with Gasteiger partial charge in [0.25, 0.3) is 0 Å². The van der Waals surface area contributed by atoms with E-state index in [0.717, 1.165) is 44.2 Å². The number of hydrogen-bond acceptors (Lipinski definition) is 4. The van der Waals surface area contributed by atoms with E-state index in [9.17, 15) is 9.59 Å². The zero-order valence-corrected chi connectivity index (χ0v) is 16.8. The van der Waals surface area contributed by atoms with Crippen molar-refractivity contribution in [3.05, 3.63) is 18.0 Å². The first-order valence-electron chi connectivity index (χ1n) is 10.3. The molecule has 0 spiro atoms. The molecule has 2 fully saturated rings. The summed E-state index contributed by atoms with van der Waals surface area (Å²) in [6.07, 6.45) is 8.42. The molecule has 0 bridgehead atoms. The second-order valence-electron chi connectivity index (χ2n) is 7.93. The Hall–Kier alpha value is -1.89. The second kappa shape index (κ2) is 8.42. The third-order valence-electron chi connectivity index (χ3n) is 6.23. The van der Waals surface area contributed by atoms with Crippen LogP contribution in [0.15, 0.2) is 12.4 Å². The molecule has 2 amide bonds. The Bertz CT molecular complexity index is 661. The van der Waals surface area contributed by atoms with Crippen LogP contribution in [0.2, 0.25) is 0 Å². The lowest BCUT2D eigenvalue weighted by Gasteiger charge is -2.40. The van der Waals surface area contributed by atoms with Crippen LogP contribution in [0.3, 0.4) is 0 Å². The van der Waals surface area contributed by atoms with E-state index in [1.807, 2.05) is 38.2 Å². The highest BCUT2D eigenvalue weighted by atomic mass is 16.2. The minimum absolute atomic E-state index is 0.00346. The van der Waals surface area contributed by atoms with Gasteiger partial charge in [-0.2, -0.15) is 5.10 Å². The van der Waals surface area contributed by atoms with Crippen molar-refractivity contribution in [1.29, 1.82) is 0 Å². The summed E-state index contributed by atoms with van der Waals surface area (Å²) in [4.78, 5) is 28.4. The molecule has 1 aliphatic carbocycles. The molecule has 150 valence electrons. The first-order valence-corrected chi connectivity index (χ1v) is 10.3. The monoisotopic (exact) mass is 375 g/mol. The van der Waals surface area contributed by atoms with Crippen LogP contribution in [0.25, 0.3) is 0 Å². The Kier molecular flexibility index (Phi) is 6.19. The molecule has 2 atom stereocenters. The summed E-state index contributed by atoms with van der Waals surface area (Å²) in [5.74, 6) is 0.0149. The van der Waals surface area contributed by atoms with Gasteiger partial charge in [0.05, 0.1) is 12.1 Å². The van der Waals surface area contributed by atoms with Crippen molar-refractivity contribution in [2.75, 3.05) is 26.2 Å². The predicted octanol–water partition coefficient (Wildman–Crippen LogP) is 1.41. The zero-order valence-electron chi connectivity index (χ0n) is 16.8. The second-order valence-corrected chi connectivity index (χ2v) is 7.93. The topological polar surface area (TPSA) is 79.3 Å². The van der Waals surface area contributed by atoms with Gasteiger partial charge in [-0.15, -0.1) is 0 Å². The zero-order chi connectivity index (χ0) is 19.4. The lowest BCUT2D eigenvalue weighted by atomic mass is 9.79. The van der Waals surface area contributed by atoms with Crippen molar-refractivity contribution in [3.63, 3.8) is 0 Å². The molecule has 1 saturated carbocycles. The number of carbonyl (C=O) groups is 2. The van der Waals surface area contributed by atoms with Crippen molar-refractivity contribution in [1.82, 2.24) is 25.3 Å². The van der Waals surface area contributed by atoms with Gasteiger partial charge in [0.2, 0.25) is 11.8 Å². The Morgan fingerprint density at radius 1 is 1.26 bits per heavy atom. The van der Waals surface area contributed by atoms with E-state index in [4.69, 9.17) is 0 Å². The van der Waals surface area contributed by atoms with Gasteiger partial charge in [-0.1, -0.05) is 19.3 Å². The average molecular weight is 376 g/mol. The molecule has 3 rings (SSSR count). The normalized spacial score (nSPS) is 24.6. The number of amides is 2. The molecule has 1 saturated heterocycles. The van der Waals surface area contributed by atoms with E-state index >= 15 is 0 Å². The van der Waals surface area contributed by atoms with Gasteiger partial charge in [0.1, 0.15) is 5.54 Å². The van der Waals surface area contributed by atoms with Gasteiger partial charge < -0.3 is 15.5 Å². The lowest BCUT2D eigenvalue weighted by Crippen LogP contribution is -2.61. The molecule has 2 N–H and O–H groups in total. The lowest BCUT2D eigenvalue weighted by molar-refractivity contribution is -0.144. The smallest absolute Gasteiger partial charge is 0.248 e. The summed E-state index contributed by atoms with van der Waals surface area (Å²) in [5, 5.41) is 10.8. The molecule has 0 radical (unpaired) electrons. The van der Waals surface area contributed by atoms with Crippen LogP contribution in [0, 0.1) is 5.92 Å². The first-order chi connectivity index (χ1) is 13.0. The SMILES string of the molecule is CCN(CC)C(=O)C1(NC(=O)[C@H]2CNC[C@@H]2c2cnn(C)c2)CCCCC1. The van der Waals surface area contributed by atoms with Crippen LogP contribution in [0.5, 0.6) is 0 Å². The van der Waals surface area contributed by atoms with Gasteiger partial charge >= 0.3 is 0 Å². The van der Waals surface area contributed by atoms with Crippen molar-refractivity contribution in [2.45, 2.75) is 57.4 Å². The molecule has 2 heterocycles. The highest BCUT2D eigenvalue weighted by molar-refractivity contribution is 5.92. The maximum absolute atomic E-state index is 13.3. The molecule has 1 aromatic rings. The van der Waals surface area contributed by atoms with Crippen LogP contribution in [0.4, 0.5) is 0 Å². The molecule has 1 aliphatic heterocycles. The fraction of sp³-hybridized carbons (Fsp3) is 0.750. The van der Waals surface area contributed by atoms with Crippen LogP contribution in [0.1, 0.15) is 57.4 Å². The third-order valence-corrected chi connectivity index (χ3v) is 6.23. The molecular weight excluding hydrogens is 342 g/mol. The van der Waals surface area contributed by atoms with Crippen LogP contribution >= 0.6 is 0 Å². The van der Waals surface area contributed by atoms with Crippen LogP contribution < -0.4 is 10.6 Å². The van der Waals surface area contributed by atoms with Gasteiger partial charge in [-0.25, -0.2) is 0 Å². The number of rotatable bonds is 6. The Labute approximate surface area is 161 Å². The Balaban J connectivity index is 1.78. The third kappa shape index (κ3) is 4.03. The van der Waals surface area contributed by atoms with Crippen LogP contribution in [-0.4, -0.2) is 58.2 Å². The summed E-state index contributed by atoms with van der Waals surface area (Å²) in [7, 11) is 1.89. The van der Waals surface area contributed by atoms with E-state index in [0.29, 0.717) is 19.6 Å². The summed E-state index contributed by atoms with van der Waals surface area (Å²) < 4.78 is 1.77. The number of hydrogen-bond donors (Lipinski definition) is 2. The van der Waals surface area contributed by atoms with Gasteiger partial charge in [0.15, 0.2) is 0 Å². The van der Waals surface area contributed by atoms with E-state index in [1.54, 1.807) is 4.68 Å². The molecule has 1 aromatic heterocycles. The summed E-state index contributed by atoms with van der Waals surface area (Å²) in [6, 6.07) is 0. The van der Waals surface area contributed by atoms with Crippen molar-refractivity contribution >= 4 is 11.8 Å². The van der Waals surface area contributed by atoms with Gasteiger partial charge in [0, 0.05) is 45.3 Å². The van der Waals surface area contributed by atoms with Gasteiger partial charge in [-0.3, -0.25) is 14.3 Å². The fourth-order valence-electron chi connectivity index (χ4n) is 4.63. The van der Waals surface area contributed by atoms with Crippen molar-refractivity contribution < 1.29 is 9.59 Å². The average Bonchev–Trinajstić information content (AvgIpc) is 3.32. The highest BCUT2D eigenvalue weighted by Gasteiger charge is 2.45. The van der Waals surface area contributed by atoms with Crippen LogP contribution in [-0.2, 0) is 16.6 Å². The standard InChI is InChI=1S/C20H33N5O2/c1-4-25(5-2)19(27)20(9-7-6-8-10-20)23-18(26)17-13-21-12-16(17)15-11-22-24(3)14-15/h11,14,16-17,21H,4-10,12-13H2,1-3H3,(H,23,26)/t16-,17+/m1/s1. The predicted molar refractivity (Wildman–Crippen MR) is 104 cm³/mol. The van der Waals surface area contributed by atoms with E-state index in [1.165, 1.54) is 0 Å². The van der Waals surface area contributed by atoms with Crippen molar-refractivity contribution in [3.8, 4) is 0 Å². The van der Waals surface area contributed by atoms with Crippen molar-refractivity contribution in [2.24, 2.45) is 13.0 Å². The quantitative estimate of drug-likeness (QED) is 0.788. The fourth-order valence-corrected chi connectivity index (χ4v) is 4.63. The summed E-state index contributed by atoms with van der Waals surface area (Å²) in [5.41, 5.74) is 0.346. The van der Waals surface area contributed by atoms with E-state index in [-0.39, 0.29) is 23.7 Å². The molecule has 0 unspecified atom stereocenters. The number of nitrogens with one attached hydrogen (secondary N) is 2. The van der Waals surface area contributed by atoms with E-state index < -0.39 is 5.54 Å². The Morgan fingerprint density at radius 2 is 1.96 bits per heavy atom. The largest absolute Gasteiger partial charge is 0.341 e. The minimum atomic E-state index is -0.733. The maximum atomic E-state index is 13.3. The molecule has 7 heteroatoms. The number of aromatic nitrogens is 2. The first kappa shape index (κ1) is 19.9. The molecule has 27 heavy (non-hydrogen) atoms. The number of aryl methyl sites for hydroxylation is 1. The number of nitrogens with zero attached hydrogens (tertiary/aromatic N) is 3. The molecule has 7 nitrogen and oxygen atoms in total. The number of carbonyl (C=O) groups excluding carboxylic acids is 2.